The molecule has 4 aromatic rings. The fourth-order valence-electron chi connectivity index (χ4n) is 4.48. The van der Waals surface area contributed by atoms with Gasteiger partial charge in [-0.1, -0.05) is 6.07 Å². The van der Waals surface area contributed by atoms with Crippen molar-refractivity contribution in [3.05, 3.63) is 70.5 Å². The molecule has 38 heavy (non-hydrogen) atoms. The molecule has 8 nitrogen and oxygen atoms in total. The first-order chi connectivity index (χ1) is 18.0. The topological polar surface area (TPSA) is 77.4 Å². The van der Waals surface area contributed by atoms with Gasteiger partial charge in [0, 0.05) is 23.6 Å². The summed E-state index contributed by atoms with van der Waals surface area (Å²) in [5, 5.41) is 1.59. The summed E-state index contributed by atoms with van der Waals surface area (Å²) in [6.07, 6.45) is 0.597. The van der Waals surface area contributed by atoms with Crippen LogP contribution >= 0.6 is 12.4 Å². The standard InChI is InChI=1S/C29H31NO7.ClH/c1-32-22-9-7-18(13-24(22)34-3)11-12-30-28(31)16-20-15-26(36-5)27(37-6)17-21(20)29(30)19-8-10-23(33-2)25(14-19)35-4;/h7-10,13-17H,11-12H2,1-6H3;1H. The lowest BCUT2D eigenvalue weighted by molar-refractivity contribution is 0.354. The van der Waals surface area contributed by atoms with Crippen molar-refractivity contribution >= 4 is 23.2 Å². The zero-order valence-electron chi connectivity index (χ0n) is 22.3. The molecule has 0 aliphatic carbocycles. The van der Waals surface area contributed by atoms with E-state index in [1.807, 2.05) is 48.5 Å². The molecule has 3 aromatic carbocycles. The zero-order chi connectivity index (χ0) is 26.5. The van der Waals surface area contributed by atoms with Gasteiger partial charge < -0.3 is 33.0 Å². The van der Waals surface area contributed by atoms with E-state index in [4.69, 9.17) is 28.4 Å². The lowest BCUT2D eigenvalue weighted by Gasteiger charge is -2.19. The first-order valence-corrected chi connectivity index (χ1v) is 11.7. The van der Waals surface area contributed by atoms with Gasteiger partial charge in [0.15, 0.2) is 34.5 Å². The first kappa shape index (κ1) is 28.5. The monoisotopic (exact) mass is 541 g/mol. The molecule has 0 unspecified atom stereocenters. The average molecular weight is 542 g/mol. The molecule has 0 bridgehead atoms. The Kier molecular flexibility index (Phi) is 9.36. The van der Waals surface area contributed by atoms with Crippen LogP contribution in [0.5, 0.6) is 34.5 Å². The number of halogens is 1. The summed E-state index contributed by atoms with van der Waals surface area (Å²) < 4.78 is 34.6. The van der Waals surface area contributed by atoms with Crippen LogP contribution in [0.2, 0.25) is 0 Å². The predicted molar refractivity (Wildman–Crippen MR) is 150 cm³/mol. The van der Waals surface area contributed by atoms with Crippen molar-refractivity contribution in [3.8, 4) is 45.8 Å². The SMILES string of the molecule is COc1ccc(CCn2c(-c3ccc(OC)c(OC)c3)c3cc(OC)c(OC)cc3cc2=O)cc1OC.Cl. The highest BCUT2D eigenvalue weighted by molar-refractivity contribution is 5.97. The van der Waals surface area contributed by atoms with Gasteiger partial charge in [-0.25, -0.2) is 0 Å². The van der Waals surface area contributed by atoms with Gasteiger partial charge in [-0.3, -0.25) is 4.79 Å². The lowest BCUT2D eigenvalue weighted by Crippen LogP contribution is -2.22. The predicted octanol–water partition coefficient (Wildman–Crippen LogP) is 5.38. The Hall–Kier alpha value is -4.04. The third-order valence-electron chi connectivity index (χ3n) is 6.35. The second-order valence-electron chi connectivity index (χ2n) is 8.29. The molecule has 1 aromatic heterocycles. The van der Waals surface area contributed by atoms with E-state index >= 15 is 0 Å². The van der Waals surface area contributed by atoms with Crippen LogP contribution < -0.4 is 34.0 Å². The maximum Gasteiger partial charge on any atom is 0.251 e. The molecule has 0 fully saturated rings. The molecule has 4 rings (SSSR count). The van der Waals surface area contributed by atoms with Crippen molar-refractivity contribution in [2.24, 2.45) is 0 Å². The summed E-state index contributed by atoms with van der Waals surface area (Å²) in [6, 6.07) is 16.7. The molecule has 0 atom stereocenters. The molecule has 0 aliphatic rings. The number of benzene rings is 3. The molecule has 1 heterocycles. The first-order valence-electron chi connectivity index (χ1n) is 11.7. The Bertz CT molecular complexity index is 1480. The molecule has 0 aliphatic heterocycles. The maximum absolute atomic E-state index is 13.5. The largest absolute Gasteiger partial charge is 0.493 e. The number of aryl methyl sites for hydroxylation is 1. The summed E-state index contributed by atoms with van der Waals surface area (Å²) in [7, 11) is 9.54. The number of nitrogens with zero attached hydrogens (tertiary/aromatic N) is 1. The zero-order valence-corrected chi connectivity index (χ0v) is 23.1. The minimum Gasteiger partial charge on any atom is -0.493 e. The number of hydrogen-bond donors (Lipinski definition) is 0. The van der Waals surface area contributed by atoms with E-state index in [-0.39, 0.29) is 18.0 Å². The van der Waals surface area contributed by atoms with Crippen LogP contribution in [0.15, 0.2) is 59.4 Å². The Morgan fingerprint density at radius 2 is 1.13 bits per heavy atom. The fraction of sp³-hybridized carbons (Fsp3) is 0.276. The molecule has 0 spiro atoms. The molecular weight excluding hydrogens is 510 g/mol. The van der Waals surface area contributed by atoms with Gasteiger partial charge in [0.25, 0.3) is 5.56 Å². The van der Waals surface area contributed by atoms with Crippen molar-refractivity contribution in [1.29, 1.82) is 0 Å². The number of ether oxygens (including phenoxy) is 6. The van der Waals surface area contributed by atoms with E-state index in [1.165, 1.54) is 0 Å². The minimum absolute atomic E-state index is 0. The smallest absolute Gasteiger partial charge is 0.251 e. The number of fused-ring (bicyclic) bond motifs is 1. The van der Waals surface area contributed by atoms with Crippen molar-refractivity contribution < 1.29 is 28.4 Å². The Labute approximate surface area is 228 Å². The third-order valence-corrected chi connectivity index (χ3v) is 6.35. The van der Waals surface area contributed by atoms with Crippen molar-refractivity contribution in [1.82, 2.24) is 4.57 Å². The van der Waals surface area contributed by atoms with Crippen LogP contribution in [0.25, 0.3) is 22.0 Å². The molecule has 202 valence electrons. The second kappa shape index (κ2) is 12.5. The maximum atomic E-state index is 13.5. The second-order valence-corrected chi connectivity index (χ2v) is 8.29. The molecule has 0 saturated carbocycles. The molecule has 0 amide bonds. The van der Waals surface area contributed by atoms with E-state index in [1.54, 1.807) is 53.3 Å². The lowest BCUT2D eigenvalue weighted by atomic mass is 10.0. The molecule has 0 N–H and O–H groups in total. The van der Waals surface area contributed by atoms with Gasteiger partial charge in [-0.05, 0) is 59.8 Å². The van der Waals surface area contributed by atoms with Crippen LogP contribution in [-0.4, -0.2) is 47.2 Å². The Morgan fingerprint density at radius 1 is 0.605 bits per heavy atom. The van der Waals surface area contributed by atoms with Gasteiger partial charge in [0.1, 0.15) is 0 Å². The summed E-state index contributed by atoms with van der Waals surface area (Å²) in [4.78, 5) is 13.5. The molecule has 9 heteroatoms. The Morgan fingerprint density at radius 3 is 1.74 bits per heavy atom. The highest BCUT2D eigenvalue weighted by Crippen LogP contribution is 2.39. The van der Waals surface area contributed by atoms with E-state index < -0.39 is 0 Å². The number of aromatic nitrogens is 1. The normalized spacial score (nSPS) is 10.5. The van der Waals surface area contributed by atoms with Crippen molar-refractivity contribution in [2.75, 3.05) is 42.7 Å². The van der Waals surface area contributed by atoms with Crippen molar-refractivity contribution in [2.45, 2.75) is 13.0 Å². The minimum atomic E-state index is -0.134. The quantitative estimate of drug-likeness (QED) is 0.266. The average Bonchev–Trinajstić information content (AvgIpc) is 2.94. The van der Waals surface area contributed by atoms with Crippen LogP contribution in [0.1, 0.15) is 5.56 Å². The van der Waals surface area contributed by atoms with Crippen molar-refractivity contribution in [3.63, 3.8) is 0 Å². The third kappa shape index (κ3) is 5.45. The number of methoxy groups -OCH3 is 6. The van der Waals surface area contributed by atoms with Gasteiger partial charge in [-0.2, -0.15) is 0 Å². The number of rotatable bonds is 10. The van der Waals surface area contributed by atoms with Gasteiger partial charge >= 0.3 is 0 Å². The number of hydrogen-bond acceptors (Lipinski definition) is 7. The molecule has 0 saturated heterocycles. The van der Waals surface area contributed by atoms with E-state index in [2.05, 4.69) is 0 Å². The highest BCUT2D eigenvalue weighted by atomic mass is 35.5. The summed E-state index contributed by atoms with van der Waals surface area (Å²) >= 11 is 0. The summed E-state index contributed by atoms with van der Waals surface area (Å²) in [5.74, 6) is 3.59. The van der Waals surface area contributed by atoms with Crippen LogP contribution in [0.3, 0.4) is 0 Å². The van der Waals surface area contributed by atoms with E-state index in [0.717, 1.165) is 27.6 Å². The van der Waals surface area contributed by atoms with Crippen LogP contribution in [-0.2, 0) is 13.0 Å². The molecule has 0 radical (unpaired) electrons. The van der Waals surface area contributed by atoms with E-state index in [9.17, 15) is 4.79 Å². The van der Waals surface area contributed by atoms with Gasteiger partial charge in [0.2, 0.25) is 0 Å². The fourth-order valence-corrected chi connectivity index (χ4v) is 4.48. The highest BCUT2D eigenvalue weighted by Gasteiger charge is 2.18. The van der Waals surface area contributed by atoms with Gasteiger partial charge in [-0.15, -0.1) is 12.4 Å². The number of pyridine rings is 1. The molecular formula is C29H32ClNO7. The Balaban J connectivity index is 0.00000400. The van der Waals surface area contributed by atoms with Crippen LogP contribution in [0.4, 0.5) is 0 Å². The summed E-state index contributed by atoms with van der Waals surface area (Å²) in [5.41, 5.74) is 2.42. The summed E-state index contributed by atoms with van der Waals surface area (Å²) in [6.45, 7) is 0.433. The van der Waals surface area contributed by atoms with Gasteiger partial charge in [0.05, 0.1) is 48.4 Å². The van der Waals surface area contributed by atoms with E-state index in [0.29, 0.717) is 47.5 Å². The van der Waals surface area contributed by atoms with Crippen LogP contribution in [0, 0.1) is 0 Å².